The number of nitrogens with one attached hydrogen (secondary N) is 1. The molecule has 0 aliphatic rings. The third kappa shape index (κ3) is 2.79. The average Bonchev–Trinajstić information content (AvgIpc) is 2.43. The van der Waals surface area contributed by atoms with E-state index in [2.05, 4.69) is 15.3 Å². The molecule has 2 rings (SSSR count). The van der Waals surface area contributed by atoms with Crippen molar-refractivity contribution in [3.63, 3.8) is 0 Å². The summed E-state index contributed by atoms with van der Waals surface area (Å²) >= 11 is 0. The van der Waals surface area contributed by atoms with Gasteiger partial charge < -0.3 is 16.0 Å². The first-order valence-corrected chi connectivity index (χ1v) is 6.52. The number of hydrogen-bond donors (Lipinski definition) is 2. The van der Waals surface area contributed by atoms with Gasteiger partial charge in [0, 0.05) is 18.5 Å². The average molecular weight is 273 g/mol. The highest BCUT2D eigenvalue weighted by Crippen LogP contribution is 2.26. The predicted molar refractivity (Wildman–Crippen MR) is 80.8 cm³/mol. The van der Waals surface area contributed by atoms with Crippen molar-refractivity contribution < 1.29 is 4.79 Å². The minimum atomic E-state index is -0.382. The van der Waals surface area contributed by atoms with E-state index in [9.17, 15) is 4.79 Å². The topological polar surface area (TPSA) is 84.1 Å². The Morgan fingerprint density at radius 1 is 1.35 bits per heavy atom. The standard InChI is InChI=1S/C14H19N5O/c1-9(2)19(8-12(15)20)13-10-6-4-5-7-11(10)17-14(16-3)18-13/h4-7,9H,8H2,1-3H3,(H2,15,20)(H,16,17,18). The van der Waals surface area contributed by atoms with Crippen LogP contribution in [-0.4, -0.2) is 35.5 Å². The van der Waals surface area contributed by atoms with E-state index < -0.39 is 0 Å². The molecule has 0 radical (unpaired) electrons. The van der Waals surface area contributed by atoms with Gasteiger partial charge >= 0.3 is 0 Å². The molecule has 0 aliphatic heterocycles. The Bertz CT molecular complexity index is 626. The quantitative estimate of drug-likeness (QED) is 0.859. The number of carbonyl (C=O) groups excluding carboxylic acids is 1. The second kappa shape index (κ2) is 5.73. The number of primary amides is 1. The number of nitrogens with two attached hydrogens (primary N) is 1. The van der Waals surface area contributed by atoms with Crippen LogP contribution in [0.15, 0.2) is 24.3 Å². The fourth-order valence-electron chi connectivity index (χ4n) is 2.06. The minimum absolute atomic E-state index is 0.102. The fraction of sp³-hybridized carbons (Fsp3) is 0.357. The normalized spacial score (nSPS) is 10.8. The van der Waals surface area contributed by atoms with E-state index in [0.29, 0.717) is 11.8 Å². The van der Waals surface area contributed by atoms with Gasteiger partial charge in [0.25, 0.3) is 0 Å². The number of para-hydroxylation sites is 1. The Kier molecular flexibility index (Phi) is 4.02. The van der Waals surface area contributed by atoms with Gasteiger partial charge in [0.15, 0.2) is 0 Å². The van der Waals surface area contributed by atoms with Gasteiger partial charge in [-0.3, -0.25) is 4.79 Å². The molecular formula is C14H19N5O. The molecule has 0 aliphatic carbocycles. The minimum Gasteiger partial charge on any atom is -0.368 e. The Hall–Kier alpha value is -2.37. The second-order valence-electron chi connectivity index (χ2n) is 4.83. The molecule has 1 aromatic carbocycles. The van der Waals surface area contributed by atoms with Crippen LogP contribution in [0.25, 0.3) is 10.9 Å². The molecule has 0 unspecified atom stereocenters. The molecule has 0 saturated carbocycles. The highest BCUT2D eigenvalue weighted by molar-refractivity contribution is 5.92. The molecule has 6 heteroatoms. The molecular weight excluding hydrogens is 254 g/mol. The van der Waals surface area contributed by atoms with Crippen molar-refractivity contribution in [1.29, 1.82) is 0 Å². The Labute approximate surface area is 118 Å². The molecule has 3 N–H and O–H groups in total. The number of amides is 1. The van der Waals surface area contributed by atoms with Gasteiger partial charge in [-0.15, -0.1) is 0 Å². The van der Waals surface area contributed by atoms with Crippen LogP contribution >= 0.6 is 0 Å². The predicted octanol–water partition coefficient (Wildman–Crippen LogP) is 1.37. The number of rotatable bonds is 5. The largest absolute Gasteiger partial charge is 0.368 e. The van der Waals surface area contributed by atoms with Gasteiger partial charge in [-0.1, -0.05) is 12.1 Å². The zero-order chi connectivity index (χ0) is 14.7. The summed E-state index contributed by atoms with van der Waals surface area (Å²) in [6, 6.07) is 7.82. The third-order valence-electron chi connectivity index (χ3n) is 3.03. The maximum Gasteiger partial charge on any atom is 0.237 e. The van der Waals surface area contributed by atoms with Crippen molar-refractivity contribution in [1.82, 2.24) is 9.97 Å². The van der Waals surface area contributed by atoms with E-state index in [1.165, 1.54) is 0 Å². The monoisotopic (exact) mass is 273 g/mol. The van der Waals surface area contributed by atoms with Gasteiger partial charge in [0.2, 0.25) is 11.9 Å². The van der Waals surface area contributed by atoms with Gasteiger partial charge in [-0.25, -0.2) is 4.98 Å². The van der Waals surface area contributed by atoms with Gasteiger partial charge in [0.05, 0.1) is 12.1 Å². The molecule has 106 valence electrons. The van der Waals surface area contributed by atoms with E-state index >= 15 is 0 Å². The summed E-state index contributed by atoms with van der Waals surface area (Å²) in [6.07, 6.45) is 0. The first-order valence-electron chi connectivity index (χ1n) is 6.52. The summed E-state index contributed by atoms with van der Waals surface area (Å²) in [5, 5.41) is 3.85. The molecule has 20 heavy (non-hydrogen) atoms. The number of fused-ring (bicyclic) bond motifs is 1. The molecule has 6 nitrogen and oxygen atoms in total. The lowest BCUT2D eigenvalue weighted by Gasteiger charge is -2.27. The number of carbonyl (C=O) groups is 1. The Morgan fingerprint density at radius 2 is 2.05 bits per heavy atom. The third-order valence-corrected chi connectivity index (χ3v) is 3.03. The Morgan fingerprint density at radius 3 is 2.65 bits per heavy atom. The smallest absolute Gasteiger partial charge is 0.237 e. The molecule has 0 bridgehead atoms. The number of anilines is 2. The maximum atomic E-state index is 11.3. The second-order valence-corrected chi connectivity index (χ2v) is 4.83. The number of benzene rings is 1. The van der Waals surface area contributed by atoms with Crippen LogP contribution in [0.3, 0.4) is 0 Å². The van der Waals surface area contributed by atoms with Crippen molar-refractivity contribution in [2.75, 3.05) is 23.8 Å². The number of nitrogens with zero attached hydrogens (tertiary/aromatic N) is 3. The van der Waals surface area contributed by atoms with Crippen LogP contribution in [0.2, 0.25) is 0 Å². The SMILES string of the molecule is CNc1nc(N(CC(N)=O)C(C)C)c2ccccc2n1. The Balaban J connectivity index is 2.62. The molecule has 2 aromatic rings. The van der Waals surface area contributed by atoms with E-state index in [1.807, 2.05) is 43.0 Å². The van der Waals surface area contributed by atoms with Crippen molar-refractivity contribution >= 4 is 28.6 Å². The summed E-state index contributed by atoms with van der Waals surface area (Å²) in [6.45, 7) is 4.12. The van der Waals surface area contributed by atoms with E-state index in [1.54, 1.807) is 7.05 Å². The van der Waals surface area contributed by atoms with Crippen LogP contribution in [0.4, 0.5) is 11.8 Å². The fourth-order valence-corrected chi connectivity index (χ4v) is 2.06. The van der Waals surface area contributed by atoms with Gasteiger partial charge in [0.1, 0.15) is 5.82 Å². The van der Waals surface area contributed by atoms with Crippen molar-refractivity contribution in [3.8, 4) is 0 Å². The van der Waals surface area contributed by atoms with Crippen molar-refractivity contribution in [3.05, 3.63) is 24.3 Å². The van der Waals surface area contributed by atoms with Crippen LogP contribution < -0.4 is 16.0 Å². The number of hydrogen-bond acceptors (Lipinski definition) is 5. The lowest BCUT2D eigenvalue weighted by atomic mass is 10.2. The lowest BCUT2D eigenvalue weighted by Crippen LogP contribution is -2.39. The van der Waals surface area contributed by atoms with Crippen LogP contribution in [0, 0.1) is 0 Å². The molecule has 0 fully saturated rings. The highest BCUT2D eigenvalue weighted by atomic mass is 16.1. The van der Waals surface area contributed by atoms with E-state index in [0.717, 1.165) is 10.9 Å². The zero-order valence-corrected chi connectivity index (χ0v) is 11.9. The van der Waals surface area contributed by atoms with Gasteiger partial charge in [-0.05, 0) is 26.0 Å². The molecule has 1 amide bonds. The van der Waals surface area contributed by atoms with Crippen LogP contribution in [0.1, 0.15) is 13.8 Å². The van der Waals surface area contributed by atoms with E-state index in [-0.39, 0.29) is 18.5 Å². The van der Waals surface area contributed by atoms with Crippen LogP contribution in [-0.2, 0) is 4.79 Å². The van der Waals surface area contributed by atoms with Gasteiger partial charge in [-0.2, -0.15) is 4.98 Å². The summed E-state index contributed by atoms with van der Waals surface area (Å²) in [7, 11) is 1.77. The highest BCUT2D eigenvalue weighted by Gasteiger charge is 2.18. The number of aromatic nitrogens is 2. The molecule has 1 heterocycles. The summed E-state index contributed by atoms with van der Waals surface area (Å²) < 4.78 is 0. The molecule has 1 aromatic heterocycles. The maximum absolute atomic E-state index is 11.3. The van der Waals surface area contributed by atoms with E-state index in [4.69, 9.17) is 5.73 Å². The molecule has 0 atom stereocenters. The lowest BCUT2D eigenvalue weighted by molar-refractivity contribution is -0.116. The van der Waals surface area contributed by atoms with Crippen molar-refractivity contribution in [2.45, 2.75) is 19.9 Å². The molecule has 0 spiro atoms. The summed E-state index contributed by atoms with van der Waals surface area (Å²) in [4.78, 5) is 22.1. The summed E-state index contributed by atoms with van der Waals surface area (Å²) in [5.41, 5.74) is 6.17. The van der Waals surface area contributed by atoms with Crippen LogP contribution in [0.5, 0.6) is 0 Å². The first-order chi connectivity index (χ1) is 9.52. The zero-order valence-electron chi connectivity index (χ0n) is 11.9. The summed E-state index contributed by atoms with van der Waals surface area (Å²) in [5.74, 6) is 0.856. The van der Waals surface area contributed by atoms with Crippen molar-refractivity contribution in [2.24, 2.45) is 5.73 Å². The first kappa shape index (κ1) is 14.0. The molecule has 0 saturated heterocycles.